The van der Waals surface area contributed by atoms with Crippen molar-refractivity contribution >= 4 is 5.69 Å². The number of anilines is 1. The van der Waals surface area contributed by atoms with Gasteiger partial charge in [-0.3, -0.25) is 0 Å². The quantitative estimate of drug-likeness (QED) is 0.628. The lowest BCUT2D eigenvalue weighted by molar-refractivity contribution is -0.151. The van der Waals surface area contributed by atoms with Gasteiger partial charge in [0.05, 0.1) is 5.56 Å². The van der Waals surface area contributed by atoms with Gasteiger partial charge in [-0.25, -0.2) is 0 Å². The highest BCUT2D eigenvalue weighted by Crippen LogP contribution is 2.44. The van der Waals surface area contributed by atoms with Crippen LogP contribution in [0.1, 0.15) is 22.7 Å². The number of fused-ring (bicyclic) bond motifs is 1. The fraction of sp³-hybridized carbons (Fsp3) is 0.294. The first-order valence-electron chi connectivity index (χ1n) is 7.26. The summed E-state index contributed by atoms with van der Waals surface area (Å²) in [5.74, 6) is 0. The molecule has 0 saturated heterocycles. The SMILES string of the molecule is FC(F)(F)c1ccc(N2CCc3ccccc3C2C(F)(F)F)cc1. The maximum atomic E-state index is 13.6. The van der Waals surface area contributed by atoms with Crippen LogP contribution in [0.15, 0.2) is 48.5 Å². The molecule has 24 heavy (non-hydrogen) atoms. The second kappa shape index (κ2) is 5.72. The van der Waals surface area contributed by atoms with Crippen LogP contribution in [0, 0.1) is 0 Å². The van der Waals surface area contributed by atoms with Crippen molar-refractivity contribution in [2.75, 3.05) is 11.4 Å². The Morgan fingerprint density at radius 1 is 0.833 bits per heavy atom. The molecule has 0 amide bonds. The van der Waals surface area contributed by atoms with Gasteiger partial charge in [-0.05, 0) is 41.8 Å². The zero-order valence-corrected chi connectivity index (χ0v) is 12.3. The van der Waals surface area contributed by atoms with Crippen LogP contribution in [0.3, 0.4) is 0 Å². The molecule has 1 aliphatic heterocycles. The fourth-order valence-corrected chi connectivity index (χ4v) is 3.04. The Balaban J connectivity index is 2.01. The van der Waals surface area contributed by atoms with Crippen molar-refractivity contribution in [1.29, 1.82) is 0 Å². The van der Waals surface area contributed by atoms with E-state index in [1.807, 2.05) is 0 Å². The van der Waals surface area contributed by atoms with Crippen molar-refractivity contribution in [3.8, 4) is 0 Å². The van der Waals surface area contributed by atoms with Crippen LogP contribution < -0.4 is 4.90 Å². The first-order valence-corrected chi connectivity index (χ1v) is 7.26. The van der Waals surface area contributed by atoms with Crippen molar-refractivity contribution in [2.45, 2.75) is 24.8 Å². The van der Waals surface area contributed by atoms with Crippen LogP contribution in [0.2, 0.25) is 0 Å². The molecule has 2 aromatic rings. The Kier molecular flexibility index (Phi) is 3.97. The topological polar surface area (TPSA) is 3.24 Å². The van der Waals surface area contributed by atoms with Gasteiger partial charge in [0.15, 0.2) is 6.04 Å². The van der Waals surface area contributed by atoms with E-state index >= 15 is 0 Å². The number of hydrogen-bond acceptors (Lipinski definition) is 1. The van der Waals surface area contributed by atoms with Gasteiger partial charge in [-0.1, -0.05) is 24.3 Å². The van der Waals surface area contributed by atoms with E-state index in [1.165, 1.54) is 12.1 Å². The molecule has 2 aromatic carbocycles. The molecule has 7 heteroatoms. The Morgan fingerprint density at radius 2 is 1.46 bits per heavy atom. The highest BCUT2D eigenvalue weighted by Gasteiger charge is 2.47. The van der Waals surface area contributed by atoms with E-state index in [-0.39, 0.29) is 17.8 Å². The third-order valence-corrected chi connectivity index (χ3v) is 4.12. The van der Waals surface area contributed by atoms with Crippen LogP contribution in [0.25, 0.3) is 0 Å². The molecule has 0 aromatic heterocycles. The van der Waals surface area contributed by atoms with Gasteiger partial charge >= 0.3 is 12.4 Å². The summed E-state index contributed by atoms with van der Waals surface area (Å²) in [7, 11) is 0. The van der Waals surface area contributed by atoms with E-state index in [2.05, 4.69) is 0 Å². The maximum absolute atomic E-state index is 13.6. The van der Waals surface area contributed by atoms with E-state index in [4.69, 9.17) is 0 Å². The first kappa shape index (κ1) is 16.7. The number of benzene rings is 2. The van der Waals surface area contributed by atoms with E-state index in [9.17, 15) is 26.3 Å². The Morgan fingerprint density at radius 3 is 2.04 bits per heavy atom. The molecule has 3 rings (SSSR count). The van der Waals surface area contributed by atoms with Gasteiger partial charge in [-0.15, -0.1) is 0 Å². The summed E-state index contributed by atoms with van der Waals surface area (Å²) < 4.78 is 78.7. The predicted octanol–water partition coefficient (Wildman–Crippen LogP) is 5.37. The van der Waals surface area contributed by atoms with Crippen LogP contribution in [0.5, 0.6) is 0 Å². The van der Waals surface area contributed by atoms with Crippen molar-refractivity contribution < 1.29 is 26.3 Å². The average Bonchev–Trinajstić information content (AvgIpc) is 2.52. The number of hydrogen-bond donors (Lipinski definition) is 0. The summed E-state index contributed by atoms with van der Waals surface area (Å²) in [6, 6.07) is 8.23. The fourth-order valence-electron chi connectivity index (χ4n) is 3.04. The van der Waals surface area contributed by atoms with Crippen LogP contribution in [-0.2, 0) is 12.6 Å². The molecule has 0 radical (unpaired) electrons. The van der Waals surface area contributed by atoms with Crippen molar-refractivity contribution in [3.63, 3.8) is 0 Å². The molecule has 0 bridgehead atoms. The number of alkyl halides is 6. The first-order chi connectivity index (χ1) is 11.2. The van der Waals surface area contributed by atoms with Gasteiger partial charge in [-0.2, -0.15) is 26.3 Å². The van der Waals surface area contributed by atoms with Crippen molar-refractivity contribution in [1.82, 2.24) is 0 Å². The molecule has 1 nitrogen and oxygen atoms in total. The standard InChI is InChI=1S/C17H13F6N/c18-16(19,20)12-5-7-13(8-6-12)24-10-9-11-3-1-2-4-14(11)15(24)17(21,22)23/h1-8,15H,9-10H2. The third-order valence-electron chi connectivity index (χ3n) is 4.12. The highest BCUT2D eigenvalue weighted by molar-refractivity contribution is 5.54. The highest BCUT2D eigenvalue weighted by atomic mass is 19.4. The molecule has 0 N–H and O–H groups in total. The van der Waals surface area contributed by atoms with Crippen LogP contribution in [-0.4, -0.2) is 12.7 Å². The van der Waals surface area contributed by atoms with E-state index in [1.54, 1.807) is 12.1 Å². The Labute approximate surface area is 134 Å². The lowest BCUT2D eigenvalue weighted by Crippen LogP contribution is -2.43. The molecule has 1 aliphatic rings. The van der Waals surface area contributed by atoms with Gasteiger partial charge in [0.25, 0.3) is 0 Å². The Hall–Kier alpha value is -2.18. The molecule has 1 atom stereocenters. The monoisotopic (exact) mass is 345 g/mol. The third kappa shape index (κ3) is 3.07. The second-order valence-electron chi connectivity index (χ2n) is 5.63. The average molecular weight is 345 g/mol. The smallest absolute Gasteiger partial charge is 0.356 e. The number of halogens is 6. The molecular weight excluding hydrogens is 332 g/mol. The second-order valence-corrected chi connectivity index (χ2v) is 5.63. The molecule has 0 aliphatic carbocycles. The van der Waals surface area contributed by atoms with E-state index in [0.717, 1.165) is 29.2 Å². The number of rotatable bonds is 1. The lowest BCUT2D eigenvalue weighted by atomic mass is 9.91. The minimum atomic E-state index is -4.53. The molecule has 1 unspecified atom stereocenters. The molecule has 128 valence electrons. The van der Waals surface area contributed by atoms with Crippen LogP contribution in [0.4, 0.5) is 32.0 Å². The Bertz CT molecular complexity index is 717. The van der Waals surface area contributed by atoms with Crippen molar-refractivity contribution in [3.05, 3.63) is 65.2 Å². The lowest BCUT2D eigenvalue weighted by Gasteiger charge is -2.40. The summed E-state index contributed by atoms with van der Waals surface area (Å²) in [6.45, 7) is 0.0898. The van der Waals surface area contributed by atoms with E-state index < -0.39 is 24.0 Å². The summed E-state index contributed by atoms with van der Waals surface area (Å²) in [4.78, 5) is 1.11. The van der Waals surface area contributed by atoms with Gasteiger partial charge in [0, 0.05) is 12.2 Å². The largest absolute Gasteiger partial charge is 0.416 e. The number of nitrogens with zero attached hydrogens (tertiary/aromatic N) is 1. The minimum Gasteiger partial charge on any atom is -0.356 e. The molecule has 0 spiro atoms. The maximum Gasteiger partial charge on any atom is 0.416 e. The summed E-state index contributed by atoms with van der Waals surface area (Å²) in [5, 5.41) is 0. The molecular formula is C17H13F6N. The van der Waals surface area contributed by atoms with Gasteiger partial charge in [0.1, 0.15) is 0 Å². The van der Waals surface area contributed by atoms with Crippen molar-refractivity contribution in [2.24, 2.45) is 0 Å². The predicted molar refractivity (Wildman–Crippen MR) is 77.7 cm³/mol. The van der Waals surface area contributed by atoms with Crippen LogP contribution >= 0.6 is 0 Å². The molecule has 1 heterocycles. The van der Waals surface area contributed by atoms with Gasteiger partial charge in [0.2, 0.25) is 0 Å². The normalized spacial score (nSPS) is 18.4. The molecule has 0 saturated carbocycles. The zero-order chi connectivity index (χ0) is 17.5. The summed E-state index contributed by atoms with van der Waals surface area (Å²) >= 11 is 0. The van der Waals surface area contributed by atoms with E-state index in [0.29, 0.717) is 12.0 Å². The zero-order valence-electron chi connectivity index (χ0n) is 12.3. The molecule has 0 fully saturated rings. The van der Waals surface area contributed by atoms with Gasteiger partial charge < -0.3 is 4.90 Å². The summed E-state index contributed by atoms with van der Waals surface area (Å²) in [5.41, 5.74) is 0.00572. The summed E-state index contributed by atoms with van der Waals surface area (Å²) in [6.07, 6.45) is -8.64. The minimum absolute atomic E-state index is 0.0898.